The zero-order chi connectivity index (χ0) is 20.0. The Bertz CT molecular complexity index is 1270. The van der Waals surface area contributed by atoms with Gasteiger partial charge in [0, 0.05) is 33.3 Å². The summed E-state index contributed by atoms with van der Waals surface area (Å²) in [5, 5.41) is 4.83. The molecule has 3 aromatic rings. The van der Waals surface area contributed by atoms with Crippen LogP contribution in [0.5, 0.6) is 0 Å². The summed E-state index contributed by atoms with van der Waals surface area (Å²) in [4.78, 5) is 9.44. The Kier molecular flexibility index (Phi) is 4.10. The van der Waals surface area contributed by atoms with E-state index >= 15 is 0 Å². The third-order valence-corrected chi connectivity index (χ3v) is 5.50. The molecule has 0 radical (unpaired) electrons. The van der Waals surface area contributed by atoms with Crippen LogP contribution in [0.3, 0.4) is 0 Å². The lowest BCUT2D eigenvalue weighted by molar-refractivity contribution is 0.501. The van der Waals surface area contributed by atoms with E-state index in [1.807, 2.05) is 61.8 Å². The summed E-state index contributed by atoms with van der Waals surface area (Å²) in [6.07, 6.45) is 9.59. The van der Waals surface area contributed by atoms with Crippen molar-refractivity contribution in [1.29, 1.82) is 0 Å². The van der Waals surface area contributed by atoms with Crippen molar-refractivity contribution in [3.63, 3.8) is 0 Å². The Morgan fingerprint density at radius 1 is 1.10 bits per heavy atom. The standard InChI is InChI=1S/C24H17ClFN3/c1-24-20(6-4-10-28-24)18(16-11-15-5-2-3-7-22(15)27-14-16)13-23(29-24)19-12-17(25)8-9-21(19)26/h2-14,28H,1H3. The van der Waals surface area contributed by atoms with Gasteiger partial charge in [0.1, 0.15) is 5.82 Å². The van der Waals surface area contributed by atoms with E-state index in [0.29, 0.717) is 16.3 Å². The molecule has 0 saturated heterocycles. The lowest BCUT2D eigenvalue weighted by Crippen LogP contribution is -2.43. The number of hydrogen-bond acceptors (Lipinski definition) is 3. The van der Waals surface area contributed by atoms with Gasteiger partial charge in [-0.3, -0.25) is 9.98 Å². The van der Waals surface area contributed by atoms with Crippen molar-refractivity contribution in [3.05, 3.63) is 107 Å². The van der Waals surface area contributed by atoms with Gasteiger partial charge in [-0.05, 0) is 61.2 Å². The Morgan fingerprint density at radius 2 is 1.97 bits per heavy atom. The highest BCUT2D eigenvalue weighted by Gasteiger charge is 2.35. The topological polar surface area (TPSA) is 37.3 Å². The van der Waals surface area contributed by atoms with Gasteiger partial charge in [0.2, 0.25) is 0 Å². The molecule has 2 aliphatic rings. The summed E-state index contributed by atoms with van der Waals surface area (Å²) >= 11 is 6.14. The summed E-state index contributed by atoms with van der Waals surface area (Å²) in [7, 11) is 0. The first-order valence-corrected chi connectivity index (χ1v) is 9.69. The number of fused-ring (bicyclic) bond motifs is 2. The number of aliphatic imine (C=N–C) groups is 1. The first-order chi connectivity index (χ1) is 14.0. The minimum atomic E-state index is -0.714. The molecule has 1 N–H and O–H groups in total. The summed E-state index contributed by atoms with van der Waals surface area (Å²) in [6.45, 7) is 1.98. The van der Waals surface area contributed by atoms with Crippen molar-refractivity contribution in [2.75, 3.05) is 0 Å². The average Bonchev–Trinajstić information content (AvgIpc) is 2.73. The van der Waals surface area contributed by atoms with Crippen molar-refractivity contribution in [2.45, 2.75) is 12.6 Å². The molecule has 1 unspecified atom stereocenters. The monoisotopic (exact) mass is 401 g/mol. The molecule has 2 aliphatic heterocycles. The Labute approximate surface area is 173 Å². The Morgan fingerprint density at radius 3 is 2.86 bits per heavy atom. The van der Waals surface area contributed by atoms with Crippen LogP contribution >= 0.6 is 11.6 Å². The van der Waals surface area contributed by atoms with Crippen LogP contribution < -0.4 is 5.32 Å². The van der Waals surface area contributed by atoms with Crippen molar-refractivity contribution in [1.82, 2.24) is 10.3 Å². The van der Waals surface area contributed by atoms with Gasteiger partial charge in [-0.2, -0.15) is 0 Å². The van der Waals surface area contributed by atoms with Gasteiger partial charge >= 0.3 is 0 Å². The van der Waals surface area contributed by atoms with Gasteiger partial charge in [-0.25, -0.2) is 4.39 Å². The lowest BCUT2D eigenvalue weighted by Gasteiger charge is -2.36. The van der Waals surface area contributed by atoms with E-state index in [-0.39, 0.29) is 5.82 Å². The molecule has 1 atom stereocenters. The first kappa shape index (κ1) is 17.8. The van der Waals surface area contributed by atoms with Crippen LogP contribution in [0.15, 0.2) is 89.7 Å². The molecule has 3 heterocycles. The number of para-hydroxylation sites is 1. The number of nitrogens with zero attached hydrogens (tertiary/aromatic N) is 2. The number of rotatable bonds is 2. The average molecular weight is 402 g/mol. The Balaban J connectivity index is 1.73. The van der Waals surface area contributed by atoms with Gasteiger partial charge in [0.25, 0.3) is 0 Å². The van der Waals surface area contributed by atoms with E-state index in [9.17, 15) is 4.39 Å². The van der Waals surface area contributed by atoms with Crippen LogP contribution in [-0.2, 0) is 0 Å². The predicted octanol–water partition coefficient (Wildman–Crippen LogP) is 5.67. The van der Waals surface area contributed by atoms with Crippen molar-refractivity contribution < 1.29 is 4.39 Å². The number of benzene rings is 2. The van der Waals surface area contributed by atoms with Gasteiger partial charge in [-0.1, -0.05) is 35.9 Å². The van der Waals surface area contributed by atoms with Crippen LogP contribution in [0.2, 0.25) is 5.02 Å². The number of allylic oxidation sites excluding steroid dienone is 3. The summed E-state index contributed by atoms with van der Waals surface area (Å²) in [5.41, 5.74) is 4.04. The van der Waals surface area contributed by atoms with Gasteiger partial charge in [-0.15, -0.1) is 0 Å². The number of halogens is 2. The van der Waals surface area contributed by atoms with Gasteiger partial charge in [0.05, 0.1) is 11.2 Å². The highest BCUT2D eigenvalue weighted by atomic mass is 35.5. The molecule has 3 nitrogen and oxygen atoms in total. The largest absolute Gasteiger partial charge is 0.364 e. The van der Waals surface area contributed by atoms with Crippen molar-refractivity contribution in [2.24, 2.45) is 4.99 Å². The molecule has 5 heteroatoms. The maximum absolute atomic E-state index is 14.6. The predicted molar refractivity (Wildman–Crippen MR) is 116 cm³/mol. The second-order valence-electron chi connectivity index (χ2n) is 7.25. The molecule has 142 valence electrons. The molecule has 2 aromatic carbocycles. The molecule has 0 fully saturated rings. The zero-order valence-corrected chi connectivity index (χ0v) is 16.4. The Hall–Kier alpha value is -3.24. The van der Waals surface area contributed by atoms with Gasteiger partial charge in [0.15, 0.2) is 5.66 Å². The second-order valence-corrected chi connectivity index (χ2v) is 7.69. The molecule has 0 saturated carbocycles. The normalized spacial score (nSPS) is 20.4. The molecule has 29 heavy (non-hydrogen) atoms. The third-order valence-electron chi connectivity index (χ3n) is 5.27. The van der Waals surface area contributed by atoms with E-state index in [4.69, 9.17) is 16.6 Å². The molecular formula is C24H17ClFN3. The highest BCUT2D eigenvalue weighted by molar-refractivity contribution is 6.31. The van der Waals surface area contributed by atoms with E-state index in [1.54, 1.807) is 6.07 Å². The maximum Gasteiger partial charge on any atom is 0.153 e. The summed E-state index contributed by atoms with van der Waals surface area (Å²) in [5.74, 6) is -0.359. The number of nitrogens with one attached hydrogen (secondary N) is 1. The molecule has 0 aliphatic carbocycles. The zero-order valence-electron chi connectivity index (χ0n) is 15.7. The molecule has 0 amide bonds. The first-order valence-electron chi connectivity index (χ1n) is 9.31. The van der Waals surface area contributed by atoms with E-state index in [1.165, 1.54) is 12.1 Å². The van der Waals surface area contributed by atoms with Gasteiger partial charge < -0.3 is 5.32 Å². The molecule has 0 spiro atoms. The van der Waals surface area contributed by atoms with E-state index in [0.717, 1.165) is 27.6 Å². The van der Waals surface area contributed by atoms with Crippen LogP contribution in [0, 0.1) is 5.82 Å². The van der Waals surface area contributed by atoms with Crippen LogP contribution in [0.25, 0.3) is 16.5 Å². The quantitative estimate of drug-likeness (QED) is 0.600. The third kappa shape index (κ3) is 3.06. The fourth-order valence-corrected chi connectivity index (χ4v) is 3.99. The molecular weight excluding hydrogens is 385 g/mol. The summed E-state index contributed by atoms with van der Waals surface area (Å²) in [6, 6.07) is 14.6. The minimum Gasteiger partial charge on any atom is -0.364 e. The van der Waals surface area contributed by atoms with E-state index < -0.39 is 5.66 Å². The minimum absolute atomic E-state index is 0.359. The fraction of sp³-hybridized carbons (Fsp3) is 0.0833. The number of hydrogen-bond donors (Lipinski definition) is 1. The summed E-state index contributed by atoms with van der Waals surface area (Å²) < 4.78 is 14.6. The number of dihydropyridines is 2. The number of pyridine rings is 1. The molecule has 0 bridgehead atoms. The van der Waals surface area contributed by atoms with Crippen LogP contribution in [-0.4, -0.2) is 16.4 Å². The highest BCUT2D eigenvalue weighted by Crippen LogP contribution is 2.39. The van der Waals surface area contributed by atoms with Crippen LogP contribution in [0.1, 0.15) is 18.1 Å². The fourth-order valence-electron chi connectivity index (χ4n) is 3.82. The SMILES string of the molecule is CC12N=C(c3cc(Cl)ccc3F)C=C(c3cnc4ccccc4c3)C1=CC=CN2. The second kappa shape index (κ2) is 6.68. The molecule has 5 rings (SSSR count). The van der Waals surface area contributed by atoms with Crippen molar-refractivity contribution >= 4 is 33.8 Å². The maximum atomic E-state index is 14.6. The van der Waals surface area contributed by atoms with Crippen LogP contribution in [0.4, 0.5) is 4.39 Å². The number of aromatic nitrogens is 1. The lowest BCUT2D eigenvalue weighted by atomic mass is 9.84. The van der Waals surface area contributed by atoms with Crippen molar-refractivity contribution in [3.8, 4) is 0 Å². The molecule has 1 aromatic heterocycles. The van der Waals surface area contributed by atoms with E-state index in [2.05, 4.69) is 16.4 Å². The smallest absolute Gasteiger partial charge is 0.153 e.